The smallest absolute Gasteiger partial charge is 0.276 e. The highest BCUT2D eigenvalue weighted by atomic mass is 16.5. The Bertz CT molecular complexity index is 921. The van der Waals surface area contributed by atoms with Crippen LogP contribution in [0, 0.1) is 13.8 Å². The standard InChI is InChI=1S/C18H19N3O3/c1-12-5-6-17(13(2)8-12)24-11-14(22)10-21-18(23)15-4-3-7-19-16(15)9-20-21/h3-9,14,22H,10-11H2,1-2H3. The summed E-state index contributed by atoms with van der Waals surface area (Å²) >= 11 is 0. The van der Waals surface area contributed by atoms with Crippen LogP contribution in [0.3, 0.4) is 0 Å². The maximum absolute atomic E-state index is 12.3. The first-order chi connectivity index (χ1) is 11.5. The molecule has 0 spiro atoms. The Morgan fingerprint density at radius 3 is 2.92 bits per heavy atom. The van der Waals surface area contributed by atoms with Crippen LogP contribution in [0.2, 0.25) is 0 Å². The molecule has 0 fully saturated rings. The molecule has 3 rings (SSSR count). The Morgan fingerprint density at radius 2 is 2.12 bits per heavy atom. The summed E-state index contributed by atoms with van der Waals surface area (Å²) in [6.07, 6.45) is 2.29. The number of benzene rings is 1. The fraction of sp³-hybridized carbons (Fsp3) is 0.278. The number of hydrogen-bond acceptors (Lipinski definition) is 5. The number of fused-ring (bicyclic) bond motifs is 1. The molecule has 3 aromatic rings. The molecule has 0 aliphatic carbocycles. The van der Waals surface area contributed by atoms with Crippen LogP contribution in [0.5, 0.6) is 5.75 Å². The molecule has 6 heteroatoms. The van der Waals surface area contributed by atoms with Gasteiger partial charge in [-0.05, 0) is 37.6 Å². The van der Waals surface area contributed by atoms with Crippen LogP contribution >= 0.6 is 0 Å². The van der Waals surface area contributed by atoms with Crippen LogP contribution in [0.25, 0.3) is 10.9 Å². The van der Waals surface area contributed by atoms with Gasteiger partial charge in [-0.3, -0.25) is 9.78 Å². The average molecular weight is 325 g/mol. The first-order valence-electron chi connectivity index (χ1n) is 7.73. The Kier molecular flexibility index (Phi) is 4.57. The first kappa shape index (κ1) is 16.1. The van der Waals surface area contributed by atoms with Crippen molar-refractivity contribution in [2.75, 3.05) is 6.61 Å². The zero-order valence-electron chi connectivity index (χ0n) is 13.6. The van der Waals surface area contributed by atoms with Gasteiger partial charge in [0.05, 0.1) is 23.6 Å². The average Bonchev–Trinajstić information content (AvgIpc) is 2.57. The lowest BCUT2D eigenvalue weighted by Crippen LogP contribution is -2.32. The van der Waals surface area contributed by atoms with Gasteiger partial charge in [0, 0.05) is 6.20 Å². The minimum Gasteiger partial charge on any atom is -0.491 e. The van der Waals surface area contributed by atoms with Gasteiger partial charge in [0.25, 0.3) is 5.56 Å². The third-order valence-electron chi connectivity index (χ3n) is 3.77. The van der Waals surface area contributed by atoms with Gasteiger partial charge < -0.3 is 9.84 Å². The van der Waals surface area contributed by atoms with Gasteiger partial charge in [0.1, 0.15) is 18.5 Å². The Labute approximate surface area is 139 Å². The lowest BCUT2D eigenvalue weighted by Gasteiger charge is -2.15. The number of ether oxygens (including phenoxy) is 1. The Morgan fingerprint density at radius 1 is 1.29 bits per heavy atom. The van der Waals surface area contributed by atoms with Crippen molar-refractivity contribution in [2.45, 2.75) is 26.5 Å². The summed E-state index contributed by atoms with van der Waals surface area (Å²) in [7, 11) is 0. The molecule has 0 aliphatic heterocycles. The number of aryl methyl sites for hydroxylation is 2. The van der Waals surface area contributed by atoms with E-state index in [0.717, 1.165) is 16.9 Å². The van der Waals surface area contributed by atoms with E-state index in [1.54, 1.807) is 18.3 Å². The topological polar surface area (TPSA) is 77.2 Å². The van der Waals surface area contributed by atoms with Gasteiger partial charge in [-0.15, -0.1) is 0 Å². The minimum absolute atomic E-state index is 0.0641. The van der Waals surface area contributed by atoms with Gasteiger partial charge in [-0.1, -0.05) is 17.7 Å². The molecule has 0 radical (unpaired) electrons. The number of aliphatic hydroxyl groups is 1. The predicted molar refractivity (Wildman–Crippen MR) is 91.2 cm³/mol. The van der Waals surface area contributed by atoms with Crippen molar-refractivity contribution >= 4 is 10.9 Å². The second kappa shape index (κ2) is 6.80. The monoisotopic (exact) mass is 325 g/mol. The third-order valence-corrected chi connectivity index (χ3v) is 3.77. The normalized spacial score (nSPS) is 12.3. The van der Waals surface area contributed by atoms with Gasteiger partial charge in [0.2, 0.25) is 0 Å². The summed E-state index contributed by atoms with van der Waals surface area (Å²) in [6.45, 7) is 4.12. The molecule has 24 heavy (non-hydrogen) atoms. The summed E-state index contributed by atoms with van der Waals surface area (Å²) < 4.78 is 6.88. The van der Waals surface area contributed by atoms with Crippen molar-refractivity contribution in [1.29, 1.82) is 0 Å². The highest BCUT2D eigenvalue weighted by Gasteiger charge is 2.11. The first-order valence-corrected chi connectivity index (χ1v) is 7.73. The molecule has 0 saturated carbocycles. The highest BCUT2D eigenvalue weighted by molar-refractivity contribution is 5.75. The van der Waals surface area contributed by atoms with Crippen LogP contribution in [0.4, 0.5) is 0 Å². The summed E-state index contributed by atoms with van der Waals surface area (Å²) in [6, 6.07) is 9.25. The van der Waals surface area contributed by atoms with E-state index in [4.69, 9.17) is 4.74 Å². The fourth-order valence-electron chi connectivity index (χ4n) is 2.55. The molecule has 6 nitrogen and oxygen atoms in total. The summed E-state index contributed by atoms with van der Waals surface area (Å²) in [5, 5.41) is 14.7. The number of pyridine rings is 1. The van der Waals surface area contributed by atoms with E-state index in [1.165, 1.54) is 10.9 Å². The van der Waals surface area contributed by atoms with Crippen LogP contribution in [-0.4, -0.2) is 32.6 Å². The zero-order valence-corrected chi connectivity index (χ0v) is 13.6. The minimum atomic E-state index is -0.843. The van der Waals surface area contributed by atoms with Crippen LogP contribution in [-0.2, 0) is 6.54 Å². The molecule has 2 heterocycles. The number of aliphatic hydroxyl groups excluding tert-OH is 1. The quantitative estimate of drug-likeness (QED) is 0.774. The van der Waals surface area contributed by atoms with Gasteiger partial charge >= 0.3 is 0 Å². The molecular formula is C18H19N3O3. The number of hydrogen-bond donors (Lipinski definition) is 1. The van der Waals surface area contributed by atoms with Crippen molar-refractivity contribution in [3.8, 4) is 5.75 Å². The second-order valence-electron chi connectivity index (χ2n) is 5.80. The number of aromatic nitrogens is 3. The lowest BCUT2D eigenvalue weighted by atomic mass is 10.1. The molecular weight excluding hydrogens is 306 g/mol. The van der Waals surface area contributed by atoms with E-state index in [2.05, 4.69) is 10.1 Å². The summed E-state index contributed by atoms with van der Waals surface area (Å²) in [4.78, 5) is 16.4. The van der Waals surface area contributed by atoms with Crippen molar-refractivity contribution < 1.29 is 9.84 Å². The summed E-state index contributed by atoms with van der Waals surface area (Å²) in [5.41, 5.74) is 2.43. The highest BCUT2D eigenvalue weighted by Crippen LogP contribution is 2.18. The maximum Gasteiger partial charge on any atom is 0.276 e. The van der Waals surface area contributed by atoms with Crippen LogP contribution in [0.1, 0.15) is 11.1 Å². The predicted octanol–water partition coefficient (Wildman–Crippen LogP) is 1.85. The van der Waals surface area contributed by atoms with Crippen molar-refractivity contribution in [3.05, 3.63) is 64.2 Å². The molecule has 2 aromatic heterocycles. The molecule has 0 bridgehead atoms. The molecule has 1 atom stereocenters. The van der Waals surface area contributed by atoms with Crippen molar-refractivity contribution in [2.24, 2.45) is 0 Å². The molecule has 0 aliphatic rings. The second-order valence-corrected chi connectivity index (χ2v) is 5.80. The van der Waals surface area contributed by atoms with Gasteiger partial charge in [-0.2, -0.15) is 5.10 Å². The van der Waals surface area contributed by atoms with E-state index in [0.29, 0.717) is 10.9 Å². The van der Waals surface area contributed by atoms with Crippen LogP contribution in [0.15, 0.2) is 47.5 Å². The molecule has 0 amide bonds. The van der Waals surface area contributed by atoms with E-state index >= 15 is 0 Å². The Balaban J connectivity index is 1.70. The van der Waals surface area contributed by atoms with Crippen molar-refractivity contribution in [3.63, 3.8) is 0 Å². The van der Waals surface area contributed by atoms with E-state index in [1.807, 2.05) is 32.0 Å². The lowest BCUT2D eigenvalue weighted by molar-refractivity contribution is 0.0878. The summed E-state index contributed by atoms with van der Waals surface area (Å²) in [5.74, 6) is 0.725. The molecule has 1 aromatic carbocycles. The molecule has 124 valence electrons. The zero-order chi connectivity index (χ0) is 17.1. The van der Waals surface area contributed by atoms with E-state index < -0.39 is 6.10 Å². The van der Waals surface area contributed by atoms with E-state index in [9.17, 15) is 9.90 Å². The number of rotatable bonds is 5. The Hall–Kier alpha value is -2.73. The van der Waals surface area contributed by atoms with Gasteiger partial charge in [0.15, 0.2) is 0 Å². The SMILES string of the molecule is Cc1ccc(OCC(O)Cn2ncc3ncccc3c2=O)c(C)c1. The number of nitrogens with zero attached hydrogens (tertiary/aromatic N) is 3. The molecule has 1 unspecified atom stereocenters. The fourth-order valence-corrected chi connectivity index (χ4v) is 2.55. The van der Waals surface area contributed by atoms with E-state index in [-0.39, 0.29) is 18.7 Å². The largest absolute Gasteiger partial charge is 0.491 e. The van der Waals surface area contributed by atoms with Crippen LogP contribution < -0.4 is 10.3 Å². The van der Waals surface area contributed by atoms with Gasteiger partial charge in [-0.25, -0.2) is 4.68 Å². The molecule has 1 N–H and O–H groups in total. The van der Waals surface area contributed by atoms with Crippen molar-refractivity contribution in [1.82, 2.24) is 14.8 Å². The molecule has 0 saturated heterocycles. The maximum atomic E-state index is 12.3. The third kappa shape index (κ3) is 3.44.